The molecule has 0 aliphatic carbocycles. The zero-order valence-corrected chi connectivity index (χ0v) is 12.9. The van der Waals surface area contributed by atoms with Gasteiger partial charge in [-0.15, -0.1) is 0 Å². The van der Waals surface area contributed by atoms with E-state index in [-0.39, 0.29) is 11.5 Å². The molecule has 0 saturated carbocycles. The Labute approximate surface area is 120 Å². The van der Waals surface area contributed by atoms with Crippen LogP contribution in [0.5, 0.6) is 0 Å². The predicted octanol–water partition coefficient (Wildman–Crippen LogP) is 2.37. The molecule has 1 aromatic rings. The third-order valence-electron chi connectivity index (χ3n) is 2.54. The van der Waals surface area contributed by atoms with Crippen LogP contribution in [0.1, 0.15) is 27.7 Å². The van der Waals surface area contributed by atoms with E-state index in [1.807, 2.05) is 0 Å². The quantitative estimate of drug-likeness (QED) is 0.617. The zero-order chi connectivity index (χ0) is 15.4. The van der Waals surface area contributed by atoms with Crippen molar-refractivity contribution in [3.63, 3.8) is 0 Å². The highest BCUT2D eigenvalue weighted by Crippen LogP contribution is 2.27. The van der Waals surface area contributed by atoms with Crippen LogP contribution in [0.4, 0.5) is 0 Å². The Bertz CT molecular complexity index is 543. The van der Waals surface area contributed by atoms with Gasteiger partial charge in [0.2, 0.25) is 0 Å². The molecular formula is C14H20O5S. The molecule has 20 heavy (non-hydrogen) atoms. The van der Waals surface area contributed by atoms with E-state index in [2.05, 4.69) is 0 Å². The SMILES string of the molecule is CCOC(=O)[C@H](OS(=O)(=O)c1ccccc1)C(C)(C)C. The maximum atomic E-state index is 12.2. The summed E-state index contributed by atoms with van der Waals surface area (Å²) in [6.07, 6.45) is -1.19. The van der Waals surface area contributed by atoms with E-state index >= 15 is 0 Å². The van der Waals surface area contributed by atoms with Gasteiger partial charge in [0.15, 0.2) is 6.10 Å². The maximum absolute atomic E-state index is 12.2. The van der Waals surface area contributed by atoms with Crippen molar-refractivity contribution in [1.29, 1.82) is 0 Å². The number of rotatable bonds is 5. The second kappa shape index (κ2) is 6.37. The molecule has 0 N–H and O–H groups in total. The first-order chi connectivity index (χ1) is 9.18. The number of carbonyl (C=O) groups is 1. The summed E-state index contributed by atoms with van der Waals surface area (Å²) in [5.41, 5.74) is -0.700. The van der Waals surface area contributed by atoms with Crippen molar-refractivity contribution in [2.45, 2.75) is 38.7 Å². The molecule has 5 nitrogen and oxygen atoms in total. The van der Waals surface area contributed by atoms with Crippen LogP contribution in [0.15, 0.2) is 35.2 Å². The van der Waals surface area contributed by atoms with E-state index in [0.717, 1.165) is 0 Å². The van der Waals surface area contributed by atoms with Crippen molar-refractivity contribution in [2.75, 3.05) is 6.61 Å². The number of benzene rings is 1. The summed E-state index contributed by atoms with van der Waals surface area (Å²) in [5, 5.41) is 0. The summed E-state index contributed by atoms with van der Waals surface area (Å²) in [7, 11) is -4.01. The molecule has 0 unspecified atom stereocenters. The number of carbonyl (C=O) groups excluding carboxylic acids is 1. The normalized spacial score (nSPS) is 13.8. The maximum Gasteiger partial charge on any atom is 0.337 e. The summed E-state index contributed by atoms with van der Waals surface area (Å²) < 4.78 is 34.3. The highest BCUT2D eigenvalue weighted by atomic mass is 32.2. The molecule has 112 valence electrons. The van der Waals surface area contributed by atoms with Crippen LogP contribution in [0.25, 0.3) is 0 Å². The van der Waals surface area contributed by atoms with Crippen LogP contribution in [-0.4, -0.2) is 27.1 Å². The number of esters is 1. The van der Waals surface area contributed by atoms with Crippen molar-refractivity contribution in [2.24, 2.45) is 5.41 Å². The first-order valence-electron chi connectivity index (χ1n) is 6.33. The molecule has 0 aromatic heterocycles. The Morgan fingerprint density at radius 3 is 2.20 bits per heavy atom. The fourth-order valence-corrected chi connectivity index (χ4v) is 2.75. The van der Waals surface area contributed by atoms with Crippen LogP contribution in [-0.2, 0) is 23.8 Å². The Morgan fingerprint density at radius 2 is 1.75 bits per heavy atom. The van der Waals surface area contributed by atoms with Gasteiger partial charge < -0.3 is 4.74 Å². The minimum absolute atomic E-state index is 0.0125. The summed E-state index contributed by atoms with van der Waals surface area (Å²) >= 11 is 0. The van der Waals surface area contributed by atoms with Gasteiger partial charge in [0, 0.05) is 5.41 Å². The lowest BCUT2D eigenvalue weighted by molar-refractivity contribution is -0.156. The van der Waals surface area contributed by atoms with Gasteiger partial charge in [-0.05, 0) is 19.1 Å². The summed E-state index contributed by atoms with van der Waals surface area (Å²) in [5.74, 6) is -0.681. The van der Waals surface area contributed by atoms with Gasteiger partial charge >= 0.3 is 5.97 Å². The first kappa shape index (κ1) is 16.7. The first-order valence-corrected chi connectivity index (χ1v) is 7.74. The summed E-state index contributed by atoms with van der Waals surface area (Å²) in [6.45, 7) is 6.97. The molecule has 0 spiro atoms. The number of ether oxygens (including phenoxy) is 1. The standard InChI is InChI=1S/C14H20O5S/c1-5-18-13(15)12(14(2,3)4)19-20(16,17)11-9-7-6-8-10-11/h6-10,12H,5H2,1-4H3/t12-/m0/s1. The van der Waals surface area contributed by atoms with Crippen molar-refractivity contribution < 1.29 is 22.1 Å². The minimum Gasteiger partial charge on any atom is -0.464 e. The van der Waals surface area contributed by atoms with E-state index in [4.69, 9.17) is 8.92 Å². The smallest absolute Gasteiger partial charge is 0.337 e. The van der Waals surface area contributed by atoms with Gasteiger partial charge in [0.25, 0.3) is 10.1 Å². The highest BCUT2D eigenvalue weighted by molar-refractivity contribution is 7.86. The molecule has 0 radical (unpaired) electrons. The molecule has 0 fully saturated rings. The average molecular weight is 300 g/mol. The Balaban J connectivity index is 3.04. The van der Waals surface area contributed by atoms with E-state index in [1.54, 1.807) is 45.9 Å². The van der Waals surface area contributed by atoms with Crippen molar-refractivity contribution in [3.8, 4) is 0 Å². The lowest BCUT2D eigenvalue weighted by Crippen LogP contribution is -2.40. The van der Waals surface area contributed by atoms with Gasteiger partial charge in [0.1, 0.15) is 0 Å². The molecule has 0 amide bonds. The van der Waals surface area contributed by atoms with Gasteiger partial charge in [-0.1, -0.05) is 39.0 Å². The molecule has 0 saturated heterocycles. The molecule has 0 heterocycles. The Kier molecular flexibility index (Phi) is 5.30. The van der Waals surface area contributed by atoms with Crippen molar-refractivity contribution in [1.82, 2.24) is 0 Å². The molecule has 0 aliphatic rings. The largest absolute Gasteiger partial charge is 0.464 e. The van der Waals surface area contributed by atoms with Gasteiger partial charge in [-0.2, -0.15) is 8.42 Å². The second-order valence-corrected chi connectivity index (χ2v) is 6.93. The molecule has 6 heteroatoms. The zero-order valence-electron chi connectivity index (χ0n) is 12.1. The average Bonchev–Trinajstić information content (AvgIpc) is 2.36. The van der Waals surface area contributed by atoms with E-state index in [9.17, 15) is 13.2 Å². The van der Waals surface area contributed by atoms with Crippen LogP contribution in [0.3, 0.4) is 0 Å². The van der Waals surface area contributed by atoms with Gasteiger partial charge in [-0.3, -0.25) is 4.18 Å². The fourth-order valence-electron chi connectivity index (χ4n) is 1.52. The van der Waals surface area contributed by atoms with Crippen LogP contribution in [0, 0.1) is 5.41 Å². The van der Waals surface area contributed by atoms with E-state index < -0.39 is 27.6 Å². The van der Waals surface area contributed by atoms with Gasteiger partial charge in [0.05, 0.1) is 11.5 Å². The second-order valence-electron chi connectivity index (χ2n) is 5.36. The Morgan fingerprint density at radius 1 is 1.20 bits per heavy atom. The minimum atomic E-state index is -4.01. The van der Waals surface area contributed by atoms with E-state index in [0.29, 0.717) is 0 Å². The highest BCUT2D eigenvalue weighted by Gasteiger charge is 2.38. The molecule has 0 bridgehead atoms. The van der Waals surface area contributed by atoms with E-state index in [1.165, 1.54) is 12.1 Å². The number of hydrogen-bond acceptors (Lipinski definition) is 5. The summed E-state index contributed by atoms with van der Waals surface area (Å²) in [4.78, 5) is 11.9. The molecule has 1 rings (SSSR count). The Hall–Kier alpha value is -1.40. The lowest BCUT2D eigenvalue weighted by Gasteiger charge is -2.27. The monoisotopic (exact) mass is 300 g/mol. The predicted molar refractivity (Wildman–Crippen MR) is 74.6 cm³/mol. The fraction of sp³-hybridized carbons (Fsp3) is 0.500. The van der Waals surface area contributed by atoms with Crippen LogP contribution >= 0.6 is 0 Å². The summed E-state index contributed by atoms with van der Waals surface area (Å²) in [6, 6.07) is 7.71. The van der Waals surface area contributed by atoms with Crippen molar-refractivity contribution >= 4 is 16.1 Å². The molecule has 1 atom stereocenters. The third kappa shape index (κ3) is 4.31. The molecule has 1 aromatic carbocycles. The van der Waals surface area contributed by atoms with Gasteiger partial charge in [-0.25, -0.2) is 4.79 Å². The molecular weight excluding hydrogens is 280 g/mol. The van der Waals surface area contributed by atoms with Crippen molar-refractivity contribution in [3.05, 3.63) is 30.3 Å². The van der Waals surface area contributed by atoms with Crippen LogP contribution < -0.4 is 0 Å². The molecule has 0 aliphatic heterocycles. The number of hydrogen-bond donors (Lipinski definition) is 0. The topological polar surface area (TPSA) is 69.7 Å². The third-order valence-corrected chi connectivity index (χ3v) is 3.84. The van der Waals surface area contributed by atoms with Crippen LogP contribution in [0.2, 0.25) is 0 Å². The lowest BCUT2D eigenvalue weighted by atomic mass is 9.89.